The summed E-state index contributed by atoms with van der Waals surface area (Å²) in [5.74, 6) is 0.887. The number of rotatable bonds is 11. The van der Waals surface area contributed by atoms with E-state index in [2.05, 4.69) is 6.07 Å². The minimum Gasteiger partial charge on any atom is -0.270 e. The number of unbranched alkanes of at least 4 members (excludes halogenated alkanes) is 1. The van der Waals surface area contributed by atoms with Crippen LogP contribution in [0.1, 0.15) is 18.4 Å². The molecule has 0 N–H and O–H groups in total. The van der Waals surface area contributed by atoms with Gasteiger partial charge in [0.2, 0.25) is 0 Å². The third-order valence-corrected chi connectivity index (χ3v) is 7.99. The van der Waals surface area contributed by atoms with Crippen molar-refractivity contribution in [3.8, 4) is 27.8 Å². The average molecular weight is 491 g/mol. The van der Waals surface area contributed by atoms with Crippen LogP contribution in [0.4, 0.5) is 0 Å². The zero-order chi connectivity index (χ0) is 22.1. The van der Waals surface area contributed by atoms with Crippen molar-refractivity contribution in [3.63, 3.8) is 0 Å². The highest BCUT2D eigenvalue weighted by Gasteiger charge is 2.16. The van der Waals surface area contributed by atoms with E-state index < -0.39 is 10.1 Å². The Morgan fingerprint density at radius 3 is 2.65 bits per heavy atom. The summed E-state index contributed by atoms with van der Waals surface area (Å²) in [7, 11) is -3.36. The van der Waals surface area contributed by atoms with Crippen molar-refractivity contribution >= 4 is 45.0 Å². The molecule has 0 atom stereocenters. The number of hydrogen-bond donors (Lipinski definition) is 0. The molecule has 0 fully saturated rings. The molecule has 0 saturated carbocycles. The van der Waals surface area contributed by atoms with E-state index in [9.17, 15) is 13.7 Å². The topological polar surface area (TPSA) is 80.1 Å². The quantitative estimate of drug-likeness (QED) is 0.143. The van der Waals surface area contributed by atoms with Crippen molar-refractivity contribution in [1.82, 2.24) is 4.98 Å². The Bertz CT molecular complexity index is 1130. The Morgan fingerprint density at radius 1 is 1.16 bits per heavy atom. The Kier molecular flexibility index (Phi) is 8.99. The molecule has 162 valence electrons. The van der Waals surface area contributed by atoms with Gasteiger partial charge in [-0.05, 0) is 41.7 Å². The maximum Gasteiger partial charge on any atom is 0.264 e. The SMILES string of the molecule is CS(=O)(=O)OCCCCSCSc1nc(-c2cccs2)cc(-c2ccccc2)c1C#N. The third kappa shape index (κ3) is 7.37. The van der Waals surface area contributed by atoms with Crippen molar-refractivity contribution < 1.29 is 12.6 Å². The van der Waals surface area contributed by atoms with E-state index in [0.29, 0.717) is 12.0 Å². The lowest BCUT2D eigenvalue weighted by atomic mass is 10.0. The molecule has 0 aliphatic carbocycles. The normalized spacial score (nSPS) is 11.4. The molecule has 5 nitrogen and oxygen atoms in total. The highest BCUT2D eigenvalue weighted by molar-refractivity contribution is 8.16. The summed E-state index contributed by atoms with van der Waals surface area (Å²) in [5.41, 5.74) is 3.36. The minimum absolute atomic E-state index is 0.218. The molecule has 0 aliphatic heterocycles. The van der Waals surface area contributed by atoms with E-state index in [0.717, 1.165) is 50.2 Å². The smallest absolute Gasteiger partial charge is 0.264 e. The molecular formula is C22H22N2O3S4. The Hall–Kier alpha value is -1.83. The highest BCUT2D eigenvalue weighted by atomic mass is 32.2. The number of thiophene rings is 1. The van der Waals surface area contributed by atoms with E-state index >= 15 is 0 Å². The molecule has 0 bridgehead atoms. The Labute approximate surface area is 196 Å². The lowest BCUT2D eigenvalue weighted by Crippen LogP contribution is -2.04. The number of nitrogens with zero attached hydrogens (tertiary/aromatic N) is 2. The summed E-state index contributed by atoms with van der Waals surface area (Å²) < 4.78 is 26.7. The second kappa shape index (κ2) is 11.7. The molecule has 2 heterocycles. The van der Waals surface area contributed by atoms with Crippen LogP contribution in [0.25, 0.3) is 21.7 Å². The van der Waals surface area contributed by atoms with Gasteiger partial charge in [0.25, 0.3) is 10.1 Å². The molecule has 0 radical (unpaired) electrons. The zero-order valence-electron chi connectivity index (χ0n) is 17.0. The number of aromatic nitrogens is 1. The first-order valence-electron chi connectivity index (χ1n) is 9.57. The average Bonchev–Trinajstić information content (AvgIpc) is 3.30. The lowest BCUT2D eigenvalue weighted by Gasteiger charge is -2.12. The number of pyridine rings is 1. The first-order valence-corrected chi connectivity index (χ1v) is 14.4. The van der Waals surface area contributed by atoms with Crippen LogP contribution in [0.5, 0.6) is 0 Å². The second-order valence-corrected chi connectivity index (χ2v) is 11.6. The van der Waals surface area contributed by atoms with E-state index in [1.165, 1.54) is 0 Å². The van der Waals surface area contributed by atoms with Gasteiger partial charge in [0, 0.05) is 10.6 Å². The highest BCUT2D eigenvalue weighted by Crippen LogP contribution is 2.36. The van der Waals surface area contributed by atoms with Gasteiger partial charge >= 0.3 is 0 Å². The number of benzene rings is 1. The van der Waals surface area contributed by atoms with Crippen LogP contribution >= 0.6 is 34.9 Å². The fourth-order valence-corrected chi connectivity index (χ4v) is 6.03. The Balaban J connectivity index is 1.69. The third-order valence-electron chi connectivity index (χ3n) is 4.22. The van der Waals surface area contributed by atoms with Crippen LogP contribution < -0.4 is 0 Å². The number of hydrogen-bond acceptors (Lipinski definition) is 8. The summed E-state index contributed by atoms with van der Waals surface area (Å²) in [6, 6.07) is 18.3. The molecule has 0 spiro atoms. The van der Waals surface area contributed by atoms with E-state index in [4.69, 9.17) is 9.17 Å². The van der Waals surface area contributed by atoms with Crippen LogP contribution in [0.3, 0.4) is 0 Å². The van der Waals surface area contributed by atoms with Crippen LogP contribution in [0, 0.1) is 11.3 Å². The number of nitriles is 1. The van der Waals surface area contributed by atoms with Crippen LogP contribution in [-0.4, -0.2) is 37.1 Å². The fraction of sp³-hybridized carbons (Fsp3) is 0.273. The minimum atomic E-state index is -3.36. The van der Waals surface area contributed by atoms with E-state index in [1.807, 2.05) is 53.9 Å². The largest absolute Gasteiger partial charge is 0.270 e. The van der Waals surface area contributed by atoms with Crippen LogP contribution in [-0.2, 0) is 14.3 Å². The summed E-state index contributed by atoms with van der Waals surface area (Å²) in [4.78, 5) is 5.87. The first kappa shape index (κ1) is 23.8. The van der Waals surface area contributed by atoms with E-state index in [1.54, 1.807) is 34.9 Å². The molecule has 0 saturated heterocycles. The van der Waals surface area contributed by atoms with Gasteiger partial charge in [0.05, 0.1) is 29.0 Å². The van der Waals surface area contributed by atoms with Gasteiger partial charge in [0.1, 0.15) is 11.1 Å². The molecule has 0 amide bonds. The van der Waals surface area contributed by atoms with Gasteiger partial charge in [-0.25, -0.2) is 4.98 Å². The zero-order valence-corrected chi connectivity index (χ0v) is 20.2. The second-order valence-electron chi connectivity index (χ2n) is 6.59. The predicted molar refractivity (Wildman–Crippen MR) is 131 cm³/mol. The summed E-state index contributed by atoms with van der Waals surface area (Å²) >= 11 is 4.94. The molecule has 1 aromatic carbocycles. The molecule has 3 aromatic rings. The summed E-state index contributed by atoms with van der Waals surface area (Å²) in [6.45, 7) is 0.218. The summed E-state index contributed by atoms with van der Waals surface area (Å²) in [6.07, 6.45) is 2.62. The van der Waals surface area contributed by atoms with E-state index in [-0.39, 0.29) is 6.61 Å². The predicted octanol–water partition coefficient (Wildman–Crippen LogP) is 5.89. The van der Waals surface area contributed by atoms with Crippen molar-refractivity contribution in [2.24, 2.45) is 0 Å². The maximum absolute atomic E-state index is 11.0. The van der Waals surface area contributed by atoms with Gasteiger partial charge in [-0.15, -0.1) is 11.3 Å². The van der Waals surface area contributed by atoms with Crippen molar-refractivity contribution in [1.29, 1.82) is 5.26 Å². The number of thioether (sulfide) groups is 2. The first-order chi connectivity index (χ1) is 15.0. The van der Waals surface area contributed by atoms with Crippen molar-refractivity contribution in [2.75, 3.05) is 23.7 Å². The standard InChI is InChI=1S/C22H22N2O3S4/c1-31(25,26)27-11-5-6-12-28-16-30-22-19(15-23)18(17-8-3-2-4-9-17)14-20(24-22)21-10-7-13-29-21/h2-4,7-10,13-14H,5-6,11-12,16H2,1H3. The molecule has 0 unspecified atom stereocenters. The molecule has 9 heteroatoms. The Morgan fingerprint density at radius 2 is 1.97 bits per heavy atom. The van der Waals surface area contributed by atoms with Crippen LogP contribution in [0.15, 0.2) is 58.9 Å². The van der Waals surface area contributed by atoms with Gasteiger partial charge in [-0.1, -0.05) is 48.2 Å². The molecule has 3 rings (SSSR count). The van der Waals surface area contributed by atoms with Crippen molar-refractivity contribution in [2.45, 2.75) is 17.9 Å². The van der Waals surface area contributed by atoms with Crippen LogP contribution in [0.2, 0.25) is 0 Å². The van der Waals surface area contributed by atoms with Crippen molar-refractivity contribution in [3.05, 3.63) is 59.5 Å². The van der Waals surface area contributed by atoms with Gasteiger partial charge in [-0.2, -0.15) is 25.4 Å². The maximum atomic E-state index is 11.0. The van der Waals surface area contributed by atoms with Gasteiger partial charge in [-0.3, -0.25) is 4.18 Å². The molecule has 0 aliphatic rings. The monoisotopic (exact) mass is 490 g/mol. The summed E-state index contributed by atoms with van der Waals surface area (Å²) in [5, 5.41) is 13.4. The van der Waals surface area contributed by atoms with Gasteiger partial charge in [0.15, 0.2) is 0 Å². The molecule has 31 heavy (non-hydrogen) atoms. The van der Waals surface area contributed by atoms with Gasteiger partial charge < -0.3 is 0 Å². The molecular weight excluding hydrogens is 469 g/mol. The fourth-order valence-electron chi connectivity index (χ4n) is 2.80. The lowest BCUT2D eigenvalue weighted by molar-refractivity contribution is 0.315. The molecule has 2 aromatic heterocycles.